The second-order valence-corrected chi connectivity index (χ2v) is 7.51. The second kappa shape index (κ2) is 8.97. The molecule has 0 spiro atoms. The van der Waals surface area contributed by atoms with E-state index in [0.717, 1.165) is 16.8 Å². The number of hydrogen-bond donors (Lipinski definition) is 1. The van der Waals surface area contributed by atoms with Gasteiger partial charge in [-0.2, -0.15) is 5.01 Å². The molecule has 1 heterocycles. The number of hydrazine groups is 1. The molecule has 0 aromatic heterocycles. The Morgan fingerprint density at radius 1 is 1.00 bits per heavy atom. The molecule has 3 rings (SSSR count). The Balaban J connectivity index is 1.78. The Kier molecular flexibility index (Phi) is 6.40. The lowest BCUT2D eigenvalue weighted by Gasteiger charge is -2.15. The van der Waals surface area contributed by atoms with Crippen LogP contribution in [0.1, 0.15) is 15.9 Å². The van der Waals surface area contributed by atoms with Gasteiger partial charge in [0, 0.05) is 11.6 Å². The van der Waals surface area contributed by atoms with Crippen molar-refractivity contribution in [2.75, 3.05) is 21.3 Å². The molecule has 1 saturated heterocycles. The highest BCUT2D eigenvalue weighted by Gasteiger charge is 2.33. The fraction of sp³-hybridized carbons (Fsp3) is 0.150. The molecule has 0 radical (unpaired) electrons. The summed E-state index contributed by atoms with van der Waals surface area (Å²) in [7, 11) is 4.64. The molecule has 2 amide bonds. The van der Waals surface area contributed by atoms with E-state index in [9.17, 15) is 9.59 Å². The van der Waals surface area contributed by atoms with Crippen molar-refractivity contribution in [2.45, 2.75) is 0 Å². The van der Waals surface area contributed by atoms with Gasteiger partial charge in [-0.3, -0.25) is 15.0 Å². The Bertz CT molecular complexity index is 967. The van der Waals surface area contributed by atoms with Crippen molar-refractivity contribution < 1.29 is 23.8 Å². The van der Waals surface area contributed by atoms with Crippen molar-refractivity contribution >= 4 is 46.2 Å². The third-order valence-corrected chi connectivity index (χ3v) is 5.33. The van der Waals surface area contributed by atoms with Crippen LogP contribution in [0, 0.1) is 0 Å². The van der Waals surface area contributed by atoms with Crippen LogP contribution in [-0.4, -0.2) is 42.5 Å². The first-order valence-electron chi connectivity index (χ1n) is 8.41. The number of rotatable bonds is 6. The van der Waals surface area contributed by atoms with Gasteiger partial charge >= 0.3 is 0 Å². The molecule has 0 saturated carbocycles. The van der Waals surface area contributed by atoms with E-state index in [0.29, 0.717) is 33.3 Å². The summed E-state index contributed by atoms with van der Waals surface area (Å²) in [5.41, 5.74) is 3.63. The molecule has 0 aliphatic carbocycles. The first kappa shape index (κ1) is 20.7. The maximum absolute atomic E-state index is 12.7. The summed E-state index contributed by atoms with van der Waals surface area (Å²) in [6.07, 6.45) is 1.67. The summed E-state index contributed by atoms with van der Waals surface area (Å²) < 4.78 is 15.8. The van der Waals surface area contributed by atoms with Gasteiger partial charge in [-0.1, -0.05) is 11.8 Å². The number of carbonyl (C=O) groups excluding carboxylic acids is 2. The molecular weight excluding hydrogens is 412 g/mol. The van der Waals surface area contributed by atoms with Crippen LogP contribution in [-0.2, 0) is 4.79 Å². The van der Waals surface area contributed by atoms with E-state index in [1.54, 1.807) is 69.9 Å². The van der Waals surface area contributed by atoms with Crippen LogP contribution >= 0.6 is 24.0 Å². The fourth-order valence-electron chi connectivity index (χ4n) is 2.54. The van der Waals surface area contributed by atoms with Crippen molar-refractivity contribution in [3.05, 3.63) is 58.5 Å². The number of benzene rings is 2. The van der Waals surface area contributed by atoms with Gasteiger partial charge in [-0.15, -0.1) is 0 Å². The zero-order chi connectivity index (χ0) is 21.0. The number of methoxy groups -OCH3 is 3. The zero-order valence-corrected chi connectivity index (χ0v) is 17.6. The summed E-state index contributed by atoms with van der Waals surface area (Å²) in [4.78, 5) is 25.6. The van der Waals surface area contributed by atoms with E-state index in [1.807, 2.05) is 0 Å². The molecule has 1 N–H and O–H groups in total. The van der Waals surface area contributed by atoms with Gasteiger partial charge in [0.05, 0.1) is 26.2 Å². The van der Waals surface area contributed by atoms with Crippen molar-refractivity contribution in [3.8, 4) is 17.2 Å². The Hall–Kier alpha value is -3.04. The lowest BCUT2D eigenvalue weighted by molar-refractivity contribution is -0.123. The molecule has 7 nitrogen and oxygen atoms in total. The predicted octanol–water partition coefficient (Wildman–Crippen LogP) is 3.26. The molecule has 29 heavy (non-hydrogen) atoms. The smallest absolute Gasteiger partial charge is 0.285 e. The monoisotopic (exact) mass is 430 g/mol. The van der Waals surface area contributed by atoms with Crippen molar-refractivity contribution in [1.82, 2.24) is 10.4 Å². The van der Waals surface area contributed by atoms with Gasteiger partial charge in [0.15, 0.2) is 4.32 Å². The number of hydrogen-bond acceptors (Lipinski definition) is 7. The molecule has 150 valence electrons. The molecule has 0 unspecified atom stereocenters. The van der Waals surface area contributed by atoms with Crippen LogP contribution < -0.4 is 19.6 Å². The van der Waals surface area contributed by atoms with E-state index in [2.05, 4.69) is 5.43 Å². The van der Waals surface area contributed by atoms with Gasteiger partial charge < -0.3 is 14.2 Å². The SMILES string of the molecule is COc1ccc(C(=O)NN2C(=O)/C(=C\c3cc(OC)cc(OC)c3)SC2=S)cc1. The average molecular weight is 431 g/mol. The number of thioether (sulfide) groups is 1. The topological polar surface area (TPSA) is 77.1 Å². The fourth-order valence-corrected chi connectivity index (χ4v) is 3.72. The van der Waals surface area contributed by atoms with Crippen LogP contribution in [0.2, 0.25) is 0 Å². The van der Waals surface area contributed by atoms with E-state index < -0.39 is 11.8 Å². The van der Waals surface area contributed by atoms with Gasteiger partial charge in [-0.25, -0.2) is 0 Å². The minimum absolute atomic E-state index is 0.234. The predicted molar refractivity (Wildman–Crippen MR) is 115 cm³/mol. The maximum Gasteiger partial charge on any atom is 0.285 e. The Labute approximate surface area is 177 Å². The van der Waals surface area contributed by atoms with Crippen LogP contribution in [0.3, 0.4) is 0 Å². The van der Waals surface area contributed by atoms with Crippen LogP contribution in [0.5, 0.6) is 17.2 Å². The molecule has 0 bridgehead atoms. The minimum Gasteiger partial charge on any atom is -0.497 e. The molecule has 2 aromatic rings. The van der Waals surface area contributed by atoms with Gasteiger partial charge in [0.2, 0.25) is 0 Å². The van der Waals surface area contributed by atoms with E-state index in [-0.39, 0.29) is 4.32 Å². The van der Waals surface area contributed by atoms with Crippen LogP contribution in [0.15, 0.2) is 47.4 Å². The number of amides is 2. The number of nitrogens with zero attached hydrogens (tertiary/aromatic N) is 1. The molecular formula is C20H18N2O5S2. The summed E-state index contributed by atoms with van der Waals surface area (Å²) >= 11 is 6.36. The van der Waals surface area contributed by atoms with Crippen LogP contribution in [0.4, 0.5) is 0 Å². The molecule has 1 fully saturated rings. The number of ether oxygens (including phenoxy) is 3. The maximum atomic E-state index is 12.7. The molecule has 1 aliphatic rings. The summed E-state index contributed by atoms with van der Waals surface area (Å²) in [5.74, 6) is 0.957. The van der Waals surface area contributed by atoms with E-state index in [4.69, 9.17) is 26.4 Å². The summed E-state index contributed by atoms with van der Waals surface area (Å²) in [6, 6.07) is 11.8. The largest absolute Gasteiger partial charge is 0.497 e. The molecule has 1 aliphatic heterocycles. The summed E-state index contributed by atoms with van der Waals surface area (Å²) in [5, 5.41) is 1.07. The van der Waals surface area contributed by atoms with E-state index in [1.165, 1.54) is 0 Å². The standard InChI is InChI=1S/C20H18N2O5S2/c1-25-14-6-4-13(5-7-14)18(23)21-22-19(24)17(29-20(22)28)10-12-8-15(26-2)11-16(9-12)27-3/h4-11H,1-3H3,(H,21,23)/b17-10+. The van der Waals surface area contributed by atoms with Gasteiger partial charge in [0.25, 0.3) is 11.8 Å². The number of thiocarbonyl (C=S) groups is 1. The molecule has 0 atom stereocenters. The zero-order valence-electron chi connectivity index (χ0n) is 15.9. The second-order valence-electron chi connectivity index (χ2n) is 5.83. The number of nitrogens with one attached hydrogen (secondary N) is 1. The number of carbonyl (C=O) groups is 2. The molecule has 9 heteroatoms. The lowest BCUT2D eigenvalue weighted by atomic mass is 10.2. The van der Waals surface area contributed by atoms with Crippen molar-refractivity contribution in [2.24, 2.45) is 0 Å². The Morgan fingerprint density at radius 3 is 2.14 bits per heavy atom. The lowest BCUT2D eigenvalue weighted by Crippen LogP contribution is -2.44. The van der Waals surface area contributed by atoms with Crippen molar-refractivity contribution in [1.29, 1.82) is 0 Å². The third kappa shape index (κ3) is 4.69. The van der Waals surface area contributed by atoms with Gasteiger partial charge in [0.1, 0.15) is 17.2 Å². The summed E-state index contributed by atoms with van der Waals surface area (Å²) in [6.45, 7) is 0. The first-order valence-corrected chi connectivity index (χ1v) is 9.63. The minimum atomic E-state index is -0.451. The van der Waals surface area contributed by atoms with Gasteiger partial charge in [-0.05, 0) is 60.3 Å². The highest BCUT2D eigenvalue weighted by Crippen LogP contribution is 2.33. The quantitative estimate of drug-likeness (QED) is 0.557. The van der Waals surface area contributed by atoms with Crippen LogP contribution in [0.25, 0.3) is 6.08 Å². The normalized spacial score (nSPS) is 14.9. The highest BCUT2D eigenvalue weighted by molar-refractivity contribution is 8.26. The first-order chi connectivity index (χ1) is 13.9. The highest BCUT2D eigenvalue weighted by atomic mass is 32.2. The third-order valence-electron chi connectivity index (χ3n) is 4.03. The Morgan fingerprint density at radius 2 is 1.59 bits per heavy atom. The van der Waals surface area contributed by atoms with Crippen molar-refractivity contribution in [3.63, 3.8) is 0 Å². The average Bonchev–Trinajstić information content (AvgIpc) is 3.00. The van der Waals surface area contributed by atoms with E-state index >= 15 is 0 Å². The molecule has 2 aromatic carbocycles.